The molecule has 0 radical (unpaired) electrons. The first kappa shape index (κ1) is 89.2. The molecule has 14 aliphatic carbocycles. The minimum Gasteiger partial charge on any atom is -0.373 e. The quantitative estimate of drug-likeness (QED) is 0.139. The molecule has 24 nitrogen and oxygen atoms in total. The van der Waals surface area contributed by atoms with Gasteiger partial charge in [-0.05, 0) is 180 Å². The number of rotatable bonds is 15. The average Bonchev–Trinajstić information content (AvgIpc) is 0.643. The smallest absolute Gasteiger partial charge is 0.373 e. The van der Waals surface area contributed by atoms with Crippen molar-refractivity contribution in [1.29, 1.82) is 0 Å². The molecule has 0 amide bonds. The molecule has 12 heterocycles. The van der Waals surface area contributed by atoms with Crippen LogP contribution >= 0.6 is 0 Å². The summed E-state index contributed by atoms with van der Waals surface area (Å²) in [5, 5.41) is 0. The van der Waals surface area contributed by atoms with Crippen molar-refractivity contribution in [3.63, 3.8) is 0 Å². The summed E-state index contributed by atoms with van der Waals surface area (Å²) in [4.78, 5) is 0. The molecule has 26 rings (SSSR count). The van der Waals surface area contributed by atoms with Crippen LogP contribution in [0.3, 0.4) is 0 Å². The molecule has 0 aromatic carbocycles. The zero-order valence-corrected chi connectivity index (χ0v) is 91.4. The van der Waals surface area contributed by atoms with Crippen molar-refractivity contribution in [1.82, 2.24) is 0 Å². The van der Waals surface area contributed by atoms with Crippen molar-refractivity contribution in [3.05, 3.63) is 0 Å². The lowest BCUT2D eigenvalue weighted by atomic mass is 10.0. The van der Waals surface area contributed by atoms with Crippen LogP contribution in [0.1, 0.15) is 449 Å². The molecule has 16 bridgehead atoms. The van der Waals surface area contributed by atoms with Crippen LogP contribution in [0.4, 0.5) is 0 Å². The fourth-order valence-electron chi connectivity index (χ4n) is 30.0. The Bertz CT molecular complexity index is 3080. The molecule has 0 spiro atoms. The Morgan fingerprint density at radius 1 is 0.0806 bits per heavy atom. The number of hydrogen-bond acceptors (Lipinski definition) is 24. The van der Waals surface area contributed by atoms with Gasteiger partial charge < -0.3 is 98.8 Å². The zero-order valence-electron chi connectivity index (χ0n) is 75.4. The predicted octanol–water partition coefficient (Wildman–Crippen LogP) is 24.3. The maximum atomic E-state index is 10.1. The Morgan fingerprint density at radius 3 is 0.218 bits per heavy atom. The minimum absolute atomic E-state index is 0.0951. The van der Waals surface area contributed by atoms with E-state index in [-0.39, 0.29) is 77.6 Å². The summed E-state index contributed by atoms with van der Waals surface area (Å²) >= 11 is 0. The van der Waals surface area contributed by atoms with Gasteiger partial charge in [0.2, 0.25) is 0 Å². The van der Waals surface area contributed by atoms with Gasteiger partial charge in [-0.1, -0.05) is 270 Å². The Kier molecular flexibility index (Phi) is 25.4. The van der Waals surface area contributed by atoms with Crippen molar-refractivity contribution < 1.29 is 98.8 Å². The predicted molar refractivity (Wildman–Crippen MR) is 494 cm³/mol. The maximum Gasteiger partial charge on any atom is 0.553 e. The first-order chi connectivity index (χ1) is 60.7. The largest absolute Gasteiger partial charge is 0.553 e. The molecule has 40 heteroatoms. The van der Waals surface area contributed by atoms with Gasteiger partial charge in [-0.15, -0.1) is 0 Å². The number of hydrogen-bond donors (Lipinski definition) is 0. The van der Waals surface area contributed by atoms with E-state index in [1.165, 1.54) is 0 Å². The van der Waals surface area contributed by atoms with Crippen LogP contribution in [0.25, 0.3) is 0 Å². The second-order valence-electron chi connectivity index (χ2n) is 44.7. The van der Waals surface area contributed by atoms with Crippen LogP contribution < -0.4 is 0 Å². The molecule has 0 N–H and O–H groups in total. The van der Waals surface area contributed by atoms with E-state index in [0.29, 0.717) is 0 Å². The van der Waals surface area contributed by atoms with Crippen LogP contribution in [-0.2, 0) is 98.8 Å². The molecule has 0 unspecified atom stereocenters. The van der Waals surface area contributed by atoms with E-state index in [9.17, 15) is 98.8 Å². The highest BCUT2D eigenvalue weighted by molar-refractivity contribution is 7.35. The van der Waals surface area contributed by atoms with Crippen LogP contribution in [0, 0.1) is 0 Å². The summed E-state index contributed by atoms with van der Waals surface area (Å²) in [6.45, 7) is 0. The Labute approximate surface area is 759 Å². The Hall–Kier alpha value is 2.51. The molecule has 0 aromatic rings. The molecule has 0 atom stereocenters. The lowest BCUT2D eigenvalue weighted by Crippen LogP contribution is -2.98. The fourth-order valence-corrected chi connectivity index (χ4v) is 155. The molecule has 12 aliphatic heterocycles. The highest BCUT2D eigenvalue weighted by atomic mass is 29.3. The van der Waals surface area contributed by atoms with Crippen molar-refractivity contribution in [2.24, 2.45) is 0 Å². The summed E-state index contributed by atoms with van der Waals surface area (Å²) in [6, 6.07) is 0. The molecule has 0 aromatic heterocycles. The SMILES string of the molecule is C1CCC([Si]23O[Si]4(C5CCCCC5)O[Si]5(C6CCCCC6)O[Si](C6CCCCC6)(O2)O[Si]2(C6CCCCC6)O[Si](C6CCCCC6)(O3)O[Si](C3CCCCC3)(O4)O[Si]([Si]34O[Si]6(C7CCCCC7)O[Si]7(C8CCCCC8)O[Si]8(C9CCCCC9)O[Si](C9CCCCC9)(O6)O[Si](C6CCCCC6)(O[Si](C6CCCCC6)(O8)O[Si](C6CCCCC6)(O7)O3)O4)(O5)O2)CC1. The van der Waals surface area contributed by atoms with Gasteiger partial charge in [0, 0.05) is 77.6 Å². The van der Waals surface area contributed by atoms with Gasteiger partial charge in [-0.25, -0.2) is 0 Å². The van der Waals surface area contributed by atoms with Gasteiger partial charge in [0.05, 0.1) is 0 Å². The molecular formula is C84H154O24Si16. The van der Waals surface area contributed by atoms with Gasteiger partial charge in [0.15, 0.2) is 0 Å². The van der Waals surface area contributed by atoms with Crippen LogP contribution in [0.15, 0.2) is 0 Å². The summed E-state index contributed by atoms with van der Waals surface area (Å²) in [7, 11) is -77.7. The van der Waals surface area contributed by atoms with E-state index in [2.05, 4.69) is 0 Å². The summed E-state index contributed by atoms with van der Waals surface area (Å²) in [5.74, 6) is 0. The van der Waals surface area contributed by atoms with E-state index in [0.717, 1.165) is 449 Å². The van der Waals surface area contributed by atoms with E-state index in [1.54, 1.807) is 0 Å². The highest BCUT2D eigenvalue weighted by Crippen LogP contribution is 2.72. The summed E-state index contributed by atoms with van der Waals surface area (Å²) in [6.07, 6.45) is 66.9. The van der Waals surface area contributed by atoms with Crippen molar-refractivity contribution >= 4 is 140 Å². The standard InChI is InChI=1S/C84H154O24Si16/c1-15-43-71(44-16-1)109-85-111(73-47-19-3-20-48-73)91-117(79-59-31-9-32-60-79)93-112(86-109,74-49-21-4-22-50-74)95-119(81-63-35-11-36-64-81)96-113(87-109,75-51-23-5-24-52-75)94-118(92-111,80-61-33-10-34-62-80)104-123(103-117,105-119)124-106-120(82-65-37-12-38-66-82)97-114(76-53-25-6-26-54-76)88-110(72-45-17-2-18-46-72)89-115(99-120,77-55-27-7-28-56-77)101-122(108-124,84-69-41-14-42-70-84)102-116(90-110,78-57-29-8-30-58-78)100-121(98-114,107-124)83-67-39-13-40-68-83/h71-84H,1-70H2. The maximum absolute atomic E-state index is 10.1. The molecule has 26 aliphatic rings. The molecule has 698 valence electrons. The zero-order chi connectivity index (χ0) is 82.6. The van der Waals surface area contributed by atoms with Gasteiger partial charge in [-0.3, -0.25) is 0 Å². The minimum atomic E-state index is -5.87. The van der Waals surface area contributed by atoms with Gasteiger partial charge in [0.1, 0.15) is 0 Å². The summed E-state index contributed by atoms with van der Waals surface area (Å²) in [5.41, 5.74) is -3.08. The third-order valence-corrected chi connectivity index (χ3v) is 121. The average molecular weight is 2000 g/mol. The fraction of sp³-hybridized carbons (Fsp3) is 1.00. The first-order valence-corrected chi connectivity index (χ1v) is 83.2. The molecular weight excluding hydrogens is 1840 g/mol. The van der Waals surface area contributed by atoms with E-state index in [1.807, 2.05) is 0 Å². The van der Waals surface area contributed by atoms with Gasteiger partial charge in [0.25, 0.3) is 0 Å². The third kappa shape index (κ3) is 15.4. The molecule has 14 saturated carbocycles. The van der Waals surface area contributed by atoms with E-state index >= 15 is 0 Å². The second kappa shape index (κ2) is 35.4. The highest BCUT2D eigenvalue weighted by Gasteiger charge is 2.99. The normalized spacial score (nSPS) is 49.1. The lowest BCUT2D eigenvalue weighted by molar-refractivity contribution is -0.0688. The Morgan fingerprint density at radius 2 is 0.145 bits per heavy atom. The van der Waals surface area contributed by atoms with Gasteiger partial charge >= 0.3 is 140 Å². The monoisotopic (exact) mass is 1990 g/mol. The van der Waals surface area contributed by atoms with E-state index in [4.69, 9.17) is 0 Å². The molecule has 124 heavy (non-hydrogen) atoms. The van der Waals surface area contributed by atoms with Gasteiger partial charge in [-0.2, -0.15) is 0 Å². The van der Waals surface area contributed by atoms with Crippen LogP contribution in [-0.4, -0.2) is 140 Å². The Balaban J connectivity index is 0.865. The van der Waals surface area contributed by atoms with E-state index < -0.39 is 140 Å². The van der Waals surface area contributed by atoms with Crippen molar-refractivity contribution in [2.75, 3.05) is 0 Å². The first-order valence-electron chi connectivity index (χ1n) is 53.5. The summed E-state index contributed by atoms with van der Waals surface area (Å²) < 4.78 is 233. The van der Waals surface area contributed by atoms with Crippen molar-refractivity contribution in [2.45, 2.75) is 527 Å². The molecule has 26 fully saturated rings. The lowest BCUT2D eigenvalue weighted by Gasteiger charge is -2.70. The third-order valence-electron chi connectivity index (χ3n) is 36.6. The topological polar surface area (TPSA) is 222 Å². The van der Waals surface area contributed by atoms with Crippen LogP contribution in [0.5, 0.6) is 0 Å². The second-order valence-corrected chi connectivity index (χ2v) is 98.5. The van der Waals surface area contributed by atoms with Crippen molar-refractivity contribution in [3.8, 4) is 0 Å². The van der Waals surface area contributed by atoms with Crippen LogP contribution in [0.2, 0.25) is 77.6 Å². The molecule has 12 saturated heterocycles.